The van der Waals surface area contributed by atoms with Crippen LogP contribution < -0.4 is 0 Å². The zero-order valence-corrected chi connectivity index (χ0v) is 7.70. The van der Waals surface area contributed by atoms with Gasteiger partial charge < -0.3 is 4.42 Å². The van der Waals surface area contributed by atoms with E-state index in [0.29, 0.717) is 0 Å². The van der Waals surface area contributed by atoms with E-state index in [9.17, 15) is 0 Å². The van der Waals surface area contributed by atoms with E-state index in [2.05, 4.69) is 6.08 Å². The molecule has 1 aromatic heterocycles. The molecule has 0 aliphatic heterocycles. The zero-order valence-electron chi connectivity index (χ0n) is 7.70. The number of allylic oxidation sites excluding steroid dienone is 1. The highest BCUT2D eigenvalue weighted by Gasteiger charge is 2.44. The summed E-state index contributed by atoms with van der Waals surface area (Å²) < 4.78 is 5.31. The van der Waals surface area contributed by atoms with Gasteiger partial charge in [-0.25, -0.2) is 0 Å². The van der Waals surface area contributed by atoms with E-state index in [-0.39, 0.29) is 0 Å². The molecule has 1 nitrogen and oxygen atoms in total. The van der Waals surface area contributed by atoms with Gasteiger partial charge in [0.25, 0.3) is 0 Å². The highest BCUT2D eigenvalue weighted by molar-refractivity contribution is 5.55. The summed E-state index contributed by atoms with van der Waals surface area (Å²) in [6.45, 7) is 0. The molecule has 2 fully saturated rings. The van der Waals surface area contributed by atoms with Crippen molar-refractivity contribution in [1.29, 1.82) is 0 Å². The van der Waals surface area contributed by atoms with Crippen molar-refractivity contribution in [1.82, 2.24) is 0 Å². The summed E-state index contributed by atoms with van der Waals surface area (Å²) in [7, 11) is 0. The lowest BCUT2D eigenvalue weighted by Gasteiger charge is -2.04. The highest BCUT2D eigenvalue weighted by Crippen LogP contribution is 2.55. The number of furan rings is 1. The van der Waals surface area contributed by atoms with Crippen LogP contribution in [0.5, 0.6) is 0 Å². The Hall–Kier alpha value is -0.980. The molecule has 13 heavy (non-hydrogen) atoms. The van der Waals surface area contributed by atoms with Crippen molar-refractivity contribution in [2.24, 2.45) is 11.8 Å². The van der Waals surface area contributed by atoms with Gasteiger partial charge in [-0.05, 0) is 42.9 Å². The van der Waals surface area contributed by atoms with Crippen LogP contribution in [0.4, 0.5) is 0 Å². The molecule has 2 atom stereocenters. The van der Waals surface area contributed by atoms with Gasteiger partial charge in [0.15, 0.2) is 0 Å². The first-order chi connectivity index (χ1) is 6.45. The van der Waals surface area contributed by atoms with Gasteiger partial charge in [0.2, 0.25) is 0 Å². The van der Waals surface area contributed by atoms with Crippen molar-refractivity contribution in [3.05, 3.63) is 29.7 Å². The molecule has 0 bridgehead atoms. The van der Waals surface area contributed by atoms with Crippen LogP contribution in [0.25, 0.3) is 6.08 Å². The zero-order chi connectivity index (χ0) is 8.67. The molecule has 1 aromatic rings. The van der Waals surface area contributed by atoms with E-state index in [1.807, 2.05) is 12.1 Å². The molecule has 68 valence electrons. The molecule has 0 spiro atoms. The van der Waals surface area contributed by atoms with Gasteiger partial charge in [-0.2, -0.15) is 0 Å². The molecule has 0 radical (unpaired) electrons. The Morgan fingerprint density at radius 3 is 2.62 bits per heavy atom. The molecule has 0 N–H and O–H groups in total. The smallest absolute Gasteiger partial charge is 0.126 e. The second-order valence-electron chi connectivity index (χ2n) is 4.16. The molecule has 3 rings (SSSR count). The average molecular weight is 174 g/mol. The number of fused-ring (bicyclic) bond motifs is 1. The summed E-state index contributed by atoms with van der Waals surface area (Å²) in [6.07, 6.45) is 9.68. The van der Waals surface area contributed by atoms with Crippen LogP contribution in [0.2, 0.25) is 0 Å². The molecule has 2 aliphatic rings. The van der Waals surface area contributed by atoms with Crippen LogP contribution in [0.15, 0.2) is 28.4 Å². The standard InChI is InChI=1S/C12H14O/c1-2-6-11-10(5-1)12(11)8-9-4-3-7-13-9/h3-4,7-8,10-11H,1-2,5-6H2. The van der Waals surface area contributed by atoms with E-state index in [1.54, 1.807) is 11.8 Å². The Kier molecular flexibility index (Phi) is 1.58. The fourth-order valence-corrected chi connectivity index (χ4v) is 2.62. The van der Waals surface area contributed by atoms with Crippen molar-refractivity contribution < 1.29 is 4.42 Å². The van der Waals surface area contributed by atoms with Gasteiger partial charge >= 0.3 is 0 Å². The molecule has 1 heteroatoms. The molecule has 0 amide bonds. The molecule has 2 saturated carbocycles. The van der Waals surface area contributed by atoms with Gasteiger partial charge in [0, 0.05) is 0 Å². The molecule has 0 aromatic carbocycles. The monoisotopic (exact) mass is 174 g/mol. The Bertz CT molecular complexity index is 307. The van der Waals surface area contributed by atoms with Crippen LogP contribution in [-0.4, -0.2) is 0 Å². The minimum Gasteiger partial charge on any atom is -0.465 e. The van der Waals surface area contributed by atoms with E-state index in [4.69, 9.17) is 4.42 Å². The van der Waals surface area contributed by atoms with Crippen LogP contribution in [0.3, 0.4) is 0 Å². The predicted octanol–water partition coefficient (Wildman–Crippen LogP) is 3.48. The second kappa shape index (κ2) is 2.76. The fraction of sp³-hybridized carbons (Fsp3) is 0.500. The first kappa shape index (κ1) is 7.43. The third kappa shape index (κ3) is 1.23. The highest BCUT2D eigenvalue weighted by atomic mass is 16.3. The lowest BCUT2D eigenvalue weighted by molar-refractivity contribution is 0.480. The number of hydrogen-bond donors (Lipinski definition) is 0. The van der Waals surface area contributed by atoms with Crippen LogP contribution >= 0.6 is 0 Å². The van der Waals surface area contributed by atoms with Gasteiger partial charge in [-0.1, -0.05) is 18.4 Å². The fourth-order valence-electron chi connectivity index (χ4n) is 2.62. The molecule has 2 unspecified atom stereocenters. The summed E-state index contributed by atoms with van der Waals surface area (Å²) >= 11 is 0. The van der Waals surface area contributed by atoms with E-state index < -0.39 is 0 Å². The van der Waals surface area contributed by atoms with Gasteiger partial charge in [0.05, 0.1) is 6.26 Å². The van der Waals surface area contributed by atoms with Gasteiger partial charge in [-0.15, -0.1) is 0 Å². The second-order valence-corrected chi connectivity index (χ2v) is 4.16. The maximum absolute atomic E-state index is 5.31. The normalized spacial score (nSPS) is 31.2. The van der Waals surface area contributed by atoms with E-state index in [1.165, 1.54) is 25.7 Å². The third-order valence-electron chi connectivity index (χ3n) is 3.37. The van der Waals surface area contributed by atoms with Crippen molar-refractivity contribution in [3.63, 3.8) is 0 Å². The van der Waals surface area contributed by atoms with E-state index in [0.717, 1.165) is 17.6 Å². The predicted molar refractivity (Wildman–Crippen MR) is 52.1 cm³/mol. The summed E-state index contributed by atoms with van der Waals surface area (Å²) in [5.74, 6) is 2.86. The SMILES string of the molecule is C(=C1C2CCCCC12)c1ccco1. The lowest BCUT2D eigenvalue weighted by Crippen LogP contribution is -1.91. The Labute approximate surface area is 78.4 Å². The first-order valence-electron chi connectivity index (χ1n) is 5.20. The summed E-state index contributed by atoms with van der Waals surface area (Å²) in [5.41, 5.74) is 1.65. The third-order valence-corrected chi connectivity index (χ3v) is 3.37. The number of rotatable bonds is 1. The van der Waals surface area contributed by atoms with Crippen molar-refractivity contribution in [2.75, 3.05) is 0 Å². The maximum Gasteiger partial charge on any atom is 0.126 e. The Morgan fingerprint density at radius 2 is 2.00 bits per heavy atom. The van der Waals surface area contributed by atoms with E-state index >= 15 is 0 Å². The van der Waals surface area contributed by atoms with Crippen molar-refractivity contribution in [2.45, 2.75) is 25.7 Å². The van der Waals surface area contributed by atoms with Gasteiger partial charge in [-0.3, -0.25) is 0 Å². The molecular weight excluding hydrogens is 160 g/mol. The Morgan fingerprint density at radius 1 is 1.23 bits per heavy atom. The minimum absolute atomic E-state index is 0.916. The topological polar surface area (TPSA) is 13.1 Å². The summed E-state index contributed by atoms with van der Waals surface area (Å²) in [4.78, 5) is 0. The van der Waals surface area contributed by atoms with Gasteiger partial charge in [0.1, 0.15) is 5.76 Å². The Balaban J connectivity index is 1.81. The molecule has 0 saturated heterocycles. The molecular formula is C12H14O. The summed E-state index contributed by atoms with van der Waals surface area (Å²) in [6, 6.07) is 4.00. The molecule has 1 heterocycles. The molecule has 2 aliphatic carbocycles. The van der Waals surface area contributed by atoms with Crippen molar-refractivity contribution >= 4 is 6.08 Å². The first-order valence-corrected chi connectivity index (χ1v) is 5.20. The van der Waals surface area contributed by atoms with Crippen LogP contribution in [-0.2, 0) is 0 Å². The number of hydrogen-bond acceptors (Lipinski definition) is 1. The van der Waals surface area contributed by atoms with Crippen LogP contribution in [0, 0.1) is 11.8 Å². The van der Waals surface area contributed by atoms with Crippen LogP contribution in [0.1, 0.15) is 31.4 Å². The average Bonchev–Trinajstić information content (AvgIpc) is 2.60. The minimum atomic E-state index is 0.916. The van der Waals surface area contributed by atoms with Crippen molar-refractivity contribution in [3.8, 4) is 0 Å². The quantitative estimate of drug-likeness (QED) is 0.635. The maximum atomic E-state index is 5.31. The largest absolute Gasteiger partial charge is 0.465 e. The summed E-state index contributed by atoms with van der Waals surface area (Å²) in [5, 5.41) is 0. The lowest BCUT2D eigenvalue weighted by atomic mass is 10.0.